The highest BCUT2D eigenvalue weighted by Crippen LogP contribution is 2.48. The Labute approximate surface area is 131 Å². The van der Waals surface area contributed by atoms with Crippen LogP contribution in [-0.4, -0.2) is 58.0 Å². The minimum atomic E-state index is -1.47. The number of allylic oxidation sites excluding steroid dienone is 1. The van der Waals surface area contributed by atoms with E-state index in [1.165, 1.54) is 0 Å². The minimum absolute atomic E-state index is 0.109. The first-order valence-electron chi connectivity index (χ1n) is 7.56. The van der Waals surface area contributed by atoms with Crippen molar-refractivity contribution in [1.29, 1.82) is 0 Å². The molecule has 23 heavy (non-hydrogen) atoms. The van der Waals surface area contributed by atoms with Crippen molar-refractivity contribution in [2.24, 2.45) is 17.8 Å². The van der Waals surface area contributed by atoms with E-state index in [0.717, 1.165) is 0 Å². The summed E-state index contributed by atoms with van der Waals surface area (Å²) in [7, 11) is 0. The molecule has 1 saturated carbocycles. The minimum Gasteiger partial charge on any atom is -0.466 e. The molecule has 1 fully saturated rings. The molecule has 6 unspecified atom stereocenters. The molecule has 0 saturated heterocycles. The van der Waals surface area contributed by atoms with Crippen molar-refractivity contribution >= 4 is 17.7 Å². The molecule has 0 bridgehead atoms. The number of aliphatic hydroxyl groups excluding tert-OH is 3. The molecule has 3 N–H and O–H groups in total. The van der Waals surface area contributed by atoms with Gasteiger partial charge in [-0.15, -0.1) is 0 Å². The molecule has 3 aliphatic rings. The molecule has 3 rings (SSSR count). The van der Waals surface area contributed by atoms with Crippen LogP contribution in [0.25, 0.3) is 0 Å². The number of ether oxygens (including phenoxy) is 2. The normalized spacial score (nSPS) is 39.7. The number of aliphatic hydroxyl groups is 3. The molecule has 0 aromatic rings. The molecule has 8 heteroatoms. The molecule has 0 radical (unpaired) electrons. The molecule has 2 aliphatic carbocycles. The topological polar surface area (TPSA) is 130 Å². The Bertz CT molecular complexity index is 594. The van der Waals surface area contributed by atoms with Gasteiger partial charge in [-0.2, -0.15) is 0 Å². The second-order valence-corrected chi connectivity index (χ2v) is 6.05. The first kappa shape index (κ1) is 16.1. The van der Waals surface area contributed by atoms with Gasteiger partial charge in [0.25, 0.3) is 0 Å². The van der Waals surface area contributed by atoms with E-state index >= 15 is 0 Å². The van der Waals surface area contributed by atoms with Gasteiger partial charge < -0.3 is 24.8 Å². The Kier molecular flexibility index (Phi) is 3.99. The van der Waals surface area contributed by atoms with Crippen LogP contribution in [-0.2, 0) is 23.9 Å². The lowest BCUT2D eigenvalue weighted by Crippen LogP contribution is -2.55. The van der Waals surface area contributed by atoms with Gasteiger partial charge in [-0.25, -0.2) is 0 Å². The van der Waals surface area contributed by atoms with Crippen LogP contribution in [0.1, 0.15) is 19.8 Å². The SMILES string of the molecule is CCOC(=O)C1CC(=O)C2=C1C1C(CC(O)C(O)C1O)C(=O)O2. The Morgan fingerprint density at radius 3 is 2.61 bits per heavy atom. The maximum absolute atomic E-state index is 12.1. The number of ketones is 1. The summed E-state index contributed by atoms with van der Waals surface area (Å²) in [5.74, 6) is -4.88. The van der Waals surface area contributed by atoms with Crippen LogP contribution in [0.2, 0.25) is 0 Å². The van der Waals surface area contributed by atoms with Gasteiger partial charge in [0.2, 0.25) is 0 Å². The van der Waals surface area contributed by atoms with Crippen molar-refractivity contribution in [3.05, 3.63) is 11.3 Å². The van der Waals surface area contributed by atoms with Gasteiger partial charge in [0.15, 0.2) is 11.5 Å². The van der Waals surface area contributed by atoms with Gasteiger partial charge in [-0.1, -0.05) is 0 Å². The Balaban J connectivity index is 2.03. The maximum Gasteiger partial charge on any atom is 0.315 e. The van der Waals surface area contributed by atoms with Gasteiger partial charge in [0.05, 0.1) is 30.7 Å². The molecule has 0 aromatic heterocycles. The van der Waals surface area contributed by atoms with Gasteiger partial charge in [-0.3, -0.25) is 14.4 Å². The monoisotopic (exact) mass is 326 g/mol. The van der Waals surface area contributed by atoms with Crippen molar-refractivity contribution in [2.45, 2.75) is 38.1 Å². The van der Waals surface area contributed by atoms with Crippen LogP contribution in [0.15, 0.2) is 11.3 Å². The van der Waals surface area contributed by atoms with Crippen molar-refractivity contribution in [1.82, 2.24) is 0 Å². The smallest absolute Gasteiger partial charge is 0.315 e. The summed E-state index contributed by atoms with van der Waals surface area (Å²) in [5.41, 5.74) is 0.205. The third-order valence-corrected chi connectivity index (χ3v) is 4.76. The van der Waals surface area contributed by atoms with E-state index in [1.54, 1.807) is 6.92 Å². The molecule has 126 valence electrons. The lowest BCUT2D eigenvalue weighted by Gasteiger charge is -2.43. The summed E-state index contributed by atoms with van der Waals surface area (Å²) >= 11 is 0. The van der Waals surface area contributed by atoms with E-state index in [-0.39, 0.29) is 30.8 Å². The summed E-state index contributed by atoms with van der Waals surface area (Å²) in [6.45, 7) is 1.76. The standard InChI is InChI=1S/C15H18O8/c1-2-22-14(20)6-4-8(17)13-10(6)9-5(15(21)23-13)3-7(16)11(18)12(9)19/h5-7,9,11-12,16,18-19H,2-4H2,1H3. The second kappa shape index (κ2) is 5.70. The van der Waals surface area contributed by atoms with Crippen LogP contribution >= 0.6 is 0 Å². The van der Waals surface area contributed by atoms with Crippen LogP contribution in [0.3, 0.4) is 0 Å². The summed E-state index contributed by atoms with van der Waals surface area (Å²) in [5, 5.41) is 30.0. The third-order valence-electron chi connectivity index (χ3n) is 4.76. The fourth-order valence-corrected chi connectivity index (χ4v) is 3.70. The number of esters is 2. The fourth-order valence-electron chi connectivity index (χ4n) is 3.70. The molecule has 0 aromatic carbocycles. The van der Waals surface area contributed by atoms with Crippen molar-refractivity contribution in [3.8, 4) is 0 Å². The van der Waals surface area contributed by atoms with Gasteiger partial charge >= 0.3 is 11.9 Å². The van der Waals surface area contributed by atoms with E-state index in [2.05, 4.69) is 0 Å². The fraction of sp³-hybridized carbons (Fsp3) is 0.667. The molecule has 1 heterocycles. The van der Waals surface area contributed by atoms with Crippen LogP contribution in [0, 0.1) is 17.8 Å². The van der Waals surface area contributed by atoms with Crippen LogP contribution in [0.4, 0.5) is 0 Å². The third kappa shape index (κ3) is 2.37. The lowest BCUT2D eigenvalue weighted by atomic mass is 9.68. The molecule has 0 amide bonds. The highest BCUT2D eigenvalue weighted by molar-refractivity contribution is 6.04. The number of hydrogen-bond donors (Lipinski definition) is 3. The van der Waals surface area contributed by atoms with E-state index in [4.69, 9.17) is 9.47 Å². The molecular weight excluding hydrogens is 308 g/mol. The molecule has 1 aliphatic heterocycles. The zero-order valence-corrected chi connectivity index (χ0v) is 12.5. The number of carbonyl (C=O) groups is 3. The molecular formula is C15H18O8. The first-order chi connectivity index (χ1) is 10.9. The Hall–Kier alpha value is -1.77. The first-order valence-corrected chi connectivity index (χ1v) is 7.56. The van der Waals surface area contributed by atoms with E-state index in [0.29, 0.717) is 0 Å². The number of rotatable bonds is 2. The number of carbonyl (C=O) groups excluding carboxylic acids is 3. The van der Waals surface area contributed by atoms with Crippen molar-refractivity contribution < 1.29 is 39.2 Å². The van der Waals surface area contributed by atoms with Gasteiger partial charge in [0.1, 0.15) is 6.10 Å². The average molecular weight is 326 g/mol. The van der Waals surface area contributed by atoms with E-state index in [9.17, 15) is 29.7 Å². The number of hydrogen-bond acceptors (Lipinski definition) is 8. The van der Waals surface area contributed by atoms with Crippen LogP contribution < -0.4 is 0 Å². The Morgan fingerprint density at radius 1 is 1.26 bits per heavy atom. The second-order valence-electron chi connectivity index (χ2n) is 6.05. The number of fused-ring (bicyclic) bond motifs is 2. The summed E-state index contributed by atoms with van der Waals surface area (Å²) in [4.78, 5) is 36.3. The van der Waals surface area contributed by atoms with Crippen molar-refractivity contribution in [3.63, 3.8) is 0 Å². The maximum atomic E-state index is 12.1. The highest BCUT2D eigenvalue weighted by atomic mass is 16.5. The van der Waals surface area contributed by atoms with Gasteiger partial charge in [0, 0.05) is 12.3 Å². The molecule has 6 atom stereocenters. The summed E-state index contributed by atoms with van der Waals surface area (Å²) in [6, 6.07) is 0. The zero-order chi connectivity index (χ0) is 16.9. The molecule has 8 nitrogen and oxygen atoms in total. The predicted octanol–water partition coefficient (Wildman–Crippen LogP) is -1.33. The highest BCUT2D eigenvalue weighted by Gasteiger charge is 2.57. The zero-order valence-electron chi connectivity index (χ0n) is 12.5. The van der Waals surface area contributed by atoms with Crippen LogP contribution in [0.5, 0.6) is 0 Å². The predicted molar refractivity (Wildman–Crippen MR) is 72.5 cm³/mol. The number of Topliss-reactive ketones (excluding diaryl/α,β-unsaturated/α-hetero) is 1. The lowest BCUT2D eigenvalue weighted by molar-refractivity contribution is -0.169. The molecule has 0 spiro atoms. The van der Waals surface area contributed by atoms with Gasteiger partial charge in [-0.05, 0) is 18.9 Å². The average Bonchev–Trinajstić information content (AvgIpc) is 2.82. The van der Waals surface area contributed by atoms with Crippen molar-refractivity contribution in [2.75, 3.05) is 6.61 Å². The van der Waals surface area contributed by atoms with E-state index in [1.807, 2.05) is 0 Å². The summed E-state index contributed by atoms with van der Waals surface area (Å²) < 4.78 is 10.0. The van der Waals surface area contributed by atoms with E-state index < -0.39 is 53.8 Å². The Morgan fingerprint density at radius 2 is 1.96 bits per heavy atom. The summed E-state index contributed by atoms with van der Waals surface area (Å²) in [6.07, 6.45) is -4.51. The quantitative estimate of drug-likeness (QED) is 0.532. The largest absolute Gasteiger partial charge is 0.466 e.